The molecule has 3 heteroatoms. The average Bonchev–Trinajstić information content (AvgIpc) is 2.47. The van der Waals surface area contributed by atoms with Crippen molar-refractivity contribution in [2.75, 3.05) is 6.16 Å². The predicted molar refractivity (Wildman–Crippen MR) is 95.5 cm³/mol. The first kappa shape index (κ1) is 21.2. The van der Waals surface area contributed by atoms with Crippen molar-refractivity contribution in [3.8, 4) is 0 Å². The van der Waals surface area contributed by atoms with E-state index < -0.39 is 7.37 Å². The lowest BCUT2D eigenvalue weighted by Gasteiger charge is -2.23. The smallest absolute Gasteiger partial charge is 0.203 e. The minimum absolute atomic E-state index is 0.0691. The van der Waals surface area contributed by atoms with E-state index in [2.05, 4.69) is 20.8 Å². The van der Waals surface area contributed by atoms with E-state index in [4.69, 9.17) is 0 Å². The number of rotatable bonds is 15. The molecule has 0 rings (SSSR count). The molecule has 0 spiro atoms. The van der Waals surface area contributed by atoms with E-state index >= 15 is 0 Å². The SMILES string of the molecule is CCCCCCCCCC(CCCC)P(=O)(O)CCCC. The van der Waals surface area contributed by atoms with Crippen LogP contribution < -0.4 is 0 Å². The van der Waals surface area contributed by atoms with Crippen molar-refractivity contribution >= 4 is 7.37 Å². The Morgan fingerprint density at radius 2 is 1.19 bits per heavy atom. The first-order valence-electron chi connectivity index (χ1n) is 9.39. The molecule has 0 saturated heterocycles. The van der Waals surface area contributed by atoms with Crippen LogP contribution in [0.2, 0.25) is 0 Å². The normalized spacial score (nSPS) is 15.8. The monoisotopic (exact) mass is 318 g/mol. The summed E-state index contributed by atoms with van der Waals surface area (Å²) in [5.41, 5.74) is 0.0691. The Balaban J connectivity index is 4.03. The molecule has 2 unspecified atom stereocenters. The first-order chi connectivity index (χ1) is 10.1. The predicted octanol–water partition coefficient (Wildman–Crippen LogP) is 6.76. The summed E-state index contributed by atoms with van der Waals surface area (Å²) in [5.74, 6) is 0. The molecule has 0 saturated carbocycles. The number of hydrogen-bond acceptors (Lipinski definition) is 1. The van der Waals surface area contributed by atoms with Gasteiger partial charge in [0.25, 0.3) is 0 Å². The Bertz CT molecular complexity index is 266. The van der Waals surface area contributed by atoms with Crippen LogP contribution in [-0.2, 0) is 4.57 Å². The average molecular weight is 318 g/mol. The lowest BCUT2D eigenvalue weighted by molar-refractivity contribution is 0.439. The third-order valence-corrected chi connectivity index (χ3v) is 7.05. The molecule has 21 heavy (non-hydrogen) atoms. The van der Waals surface area contributed by atoms with Crippen LogP contribution in [0.4, 0.5) is 0 Å². The van der Waals surface area contributed by atoms with Gasteiger partial charge in [0, 0.05) is 11.8 Å². The maximum absolute atomic E-state index is 12.5. The molecule has 0 aliphatic heterocycles. The van der Waals surface area contributed by atoms with Gasteiger partial charge in [0.15, 0.2) is 0 Å². The summed E-state index contributed by atoms with van der Waals surface area (Å²) < 4.78 is 12.5. The van der Waals surface area contributed by atoms with Gasteiger partial charge < -0.3 is 4.89 Å². The maximum Gasteiger partial charge on any atom is 0.203 e. The van der Waals surface area contributed by atoms with Crippen molar-refractivity contribution in [3.63, 3.8) is 0 Å². The van der Waals surface area contributed by atoms with Gasteiger partial charge in [-0.25, -0.2) is 0 Å². The highest BCUT2D eigenvalue weighted by Crippen LogP contribution is 2.51. The maximum atomic E-state index is 12.5. The summed E-state index contributed by atoms with van der Waals surface area (Å²) in [6.07, 6.45) is 15.6. The van der Waals surface area contributed by atoms with Gasteiger partial charge in [0.2, 0.25) is 7.37 Å². The third-order valence-electron chi connectivity index (χ3n) is 4.43. The van der Waals surface area contributed by atoms with E-state index in [1.165, 1.54) is 38.5 Å². The Hall–Kier alpha value is 0.190. The molecule has 0 aromatic heterocycles. The molecule has 0 radical (unpaired) electrons. The molecule has 0 bridgehead atoms. The minimum atomic E-state index is -2.92. The van der Waals surface area contributed by atoms with Gasteiger partial charge in [0.05, 0.1) is 0 Å². The quantitative estimate of drug-likeness (QED) is 0.267. The van der Waals surface area contributed by atoms with E-state index in [1.807, 2.05) is 0 Å². The summed E-state index contributed by atoms with van der Waals surface area (Å²) in [6, 6.07) is 0. The molecule has 2 nitrogen and oxygen atoms in total. The molecule has 0 aliphatic rings. The van der Waals surface area contributed by atoms with E-state index in [9.17, 15) is 9.46 Å². The van der Waals surface area contributed by atoms with Crippen LogP contribution in [-0.4, -0.2) is 16.7 Å². The van der Waals surface area contributed by atoms with Crippen molar-refractivity contribution in [2.45, 2.75) is 110 Å². The zero-order chi connectivity index (χ0) is 16.0. The van der Waals surface area contributed by atoms with Crippen LogP contribution in [0.25, 0.3) is 0 Å². The lowest BCUT2D eigenvalue weighted by atomic mass is 10.1. The van der Waals surface area contributed by atoms with E-state index in [0.717, 1.165) is 44.9 Å². The summed E-state index contributed by atoms with van der Waals surface area (Å²) >= 11 is 0. The van der Waals surface area contributed by atoms with E-state index in [0.29, 0.717) is 6.16 Å². The highest BCUT2D eigenvalue weighted by atomic mass is 31.2. The van der Waals surface area contributed by atoms with Gasteiger partial charge in [-0.05, 0) is 19.3 Å². The van der Waals surface area contributed by atoms with Crippen molar-refractivity contribution in [3.05, 3.63) is 0 Å². The van der Waals surface area contributed by atoms with Gasteiger partial charge in [-0.15, -0.1) is 0 Å². The van der Waals surface area contributed by atoms with Crippen LogP contribution in [0.1, 0.15) is 104 Å². The second-order valence-electron chi connectivity index (χ2n) is 6.54. The molecule has 0 aliphatic carbocycles. The van der Waals surface area contributed by atoms with Gasteiger partial charge in [-0.3, -0.25) is 4.57 Å². The van der Waals surface area contributed by atoms with Crippen LogP contribution in [0.3, 0.4) is 0 Å². The summed E-state index contributed by atoms with van der Waals surface area (Å²) in [4.78, 5) is 10.4. The highest BCUT2D eigenvalue weighted by molar-refractivity contribution is 7.58. The third kappa shape index (κ3) is 11.4. The fourth-order valence-corrected chi connectivity index (χ4v) is 5.20. The minimum Gasteiger partial charge on any atom is -0.344 e. The van der Waals surface area contributed by atoms with E-state index in [-0.39, 0.29) is 5.66 Å². The van der Waals surface area contributed by atoms with Crippen LogP contribution in [0, 0.1) is 0 Å². The molecular weight excluding hydrogens is 279 g/mol. The second kappa shape index (κ2) is 13.8. The van der Waals surface area contributed by atoms with Crippen molar-refractivity contribution in [1.82, 2.24) is 0 Å². The molecule has 0 heterocycles. The molecule has 0 aromatic rings. The van der Waals surface area contributed by atoms with Gasteiger partial charge in [-0.2, -0.15) is 0 Å². The van der Waals surface area contributed by atoms with Crippen LogP contribution in [0.15, 0.2) is 0 Å². The zero-order valence-corrected chi connectivity index (χ0v) is 15.7. The van der Waals surface area contributed by atoms with Crippen molar-refractivity contribution in [2.24, 2.45) is 0 Å². The topological polar surface area (TPSA) is 37.3 Å². The largest absolute Gasteiger partial charge is 0.344 e. The molecule has 0 aromatic carbocycles. The molecule has 2 atom stereocenters. The Morgan fingerprint density at radius 3 is 1.76 bits per heavy atom. The van der Waals surface area contributed by atoms with Gasteiger partial charge in [-0.1, -0.05) is 85.0 Å². The molecule has 128 valence electrons. The van der Waals surface area contributed by atoms with E-state index in [1.54, 1.807) is 0 Å². The van der Waals surface area contributed by atoms with Crippen molar-refractivity contribution in [1.29, 1.82) is 0 Å². The fraction of sp³-hybridized carbons (Fsp3) is 1.00. The molecule has 0 fully saturated rings. The Morgan fingerprint density at radius 1 is 0.714 bits per heavy atom. The molecule has 0 amide bonds. The summed E-state index contributed by atoms with van der Waals surface area (Å²) in [5, 5.41) is 0. The van der Waals surface area contributed by atoms with Crippen molar-refractivity contribution < 1.29 is 9.46 Å². The summed E-state index contributed by atoms with van der Waals surface area (Å²) in [6.45, 7) is 6.50. The fourth-order valence-electron chi connectivity index (χ4n) is 2.89. The highest BCUT2D eigenvalue weighted by Gasteiger charge is 2.28. The van der Waals surface area contributed by atoms with Crippen LogP contribution in [0.5, 0.6) is 0 Å². The standard InChI is InChI=1S/C18H39O2P/c1-4-7-10-11-12-13-14-16-18(15-8-5-2)21(19,20)17-9-6-3/h18H,4-17H2,1-3H3,(H,19,20). The molecular formula is C18H39O2P. The second-order valence-corrected chi connectivity index (χ2v) is 9.23. The first-order valence-corrected chi connectivity index (χ1v) is 11.3. The Kier molecular flexibility index (Phi) is 14.0. The summed E-state index contributed by atoms with van der Waals surface area (Å²) in [7, 11) is -2.92. The van der Waals surface area contributed by atoms with Gasteiger partial charge >= 0.3 is 0 Å². The number of unbranched alkanes of at least 4 members (excludes halogenated alkanes) is 8. The number of hydrogen-bond donors (Lipinski definition) is 1. The lowest BCUT2D eigenvalue weighted by Crippen LogP contribution is -2.11. The van der Waals surface area contributed by atoms with Crippen LogP contribution >= 0.6 is 7.37 Å². The molecule has 1 N–H and O–H groups in total. The zero-order valence-electron chi connectivity index (χ0n) is 14.8. The van der Waals surface area contributed by atoms with Gasteiger partial charge in [0.1, 0.15) is 0 Å². The Labute approximate surface area is 133 Å².